The Morgan fingerprint density at radius 2 is 2.04 bits per heavy atom. The van der Waals surface area contributed by atoms with Crippen LogP contribution in [0.4, 0.5) is 5.69 Å². The van der Waals surface area contributed by atoms with Crippen LogP contribution >= 0.6 is 22.9 Å². The maximum Gasteiger partial charge on any atom is 0.262 e. The first kappa shape index (κ1) is 17.5. The van der Waals surface area contributed by atoms with E-state index in [-0.39, 0.29) is 12.5 Å². The molecule has 0 bridgehead atoms. The molecule has 0 saturated heterocycles. The van der Waals surface area contributed by atoms with E-state index in [0.717, 1.165) is 20.8 Å². The summed E-state index contributed by atoms with van der Waals surface area (Å²) in [7, 11) is 0. The molecule has 0 atom stereocenters. The van der Waals surface area contributed by atoms with E-state index in [1.54, 1.807) is 48.0 Å². The third kappa shape index (κ3) is 4.24. The van der Waals surface area contributed by atoms with Crippen LogP contribution in [0.1, 0.15) is 0 Å². The summed E-state index contributed by atoms with van der Waals surface area (Å²) >= 11 is 7.47. The number of aromatic nitrogens is 2. The van der Waals surface area contributed by atoms with Crippen LogP contribution in [0.15, 0.2) is 67.0 Å². The molecule has 0 aliphatic rings. The second-order valence-corrected chi connectivity index (χ2v) is 7.20. The van der Waals surface area contributed by atoms with Gasteiger partial charge in [0.1, 0.15) is 10.8 Å². The van der Waals surface area contributed by atoms with Crippen molar-refractivity contribution in [2.24, 2.45) is 0 Å². The topological polar surface area (TPSA) is 64.1 Å². The van der Waals surface area contributed by atoms with Gasteiger partial charge in [-0.1, -0.05) is 29.8 Å². The Morgan fingerprint density at radius 1 is 1.15 bits per heavy atom. The molecule has 5 nitrogen and oxygen atoms in total. The van der Waals surface area contributed by atoms with Crippen LogP contribution in [-0.4, -0.2) is 22.5 Å². The summed E-state index contributed by atoms with van der Waals surface area (Å²) < 4.78 is 6.49. The molecule has 0 spiro atoms. The molecule has 27 heavy (non-hydrogen) atoms. The maximum atomic E-state index is 12.2. The average molecular weight is 396 g/mol. The number of amides is 1. The largest absolute Gasteiger partial charge is 0.484 e. The average Bonchev–Trinajstić information content (AvgIpc) is 3.11. The van der Waals surface area contributed by atoms with Gasteiger partial charge in [0.2, 0.25) is 0 Å². The number of rotatable bonds is 5. The minimum atomic E-state index is -0.249. The Hall–Kier alpha value is -2.96. The summed E-state index contributed by atoms with van der Waals surface area (Å²) in [6, 6.07) is 16.4. The van der Waals surface area contributed by atoms with Crippen molar-refractivity contribution < 1.29 is 9.53 Å². The lowest BCUT2D eigenvalue weighted by molar-refractivity contribution is -0.118. The second kappa shape index (κ2) is 7.73. The molecule has 1 N–H and O–H groups in total. The highest BCUT2D eigenvalue weighted by molar-refractivity contribution is 7.21. The fourth-order valence-corrected chi connectivity index (χ4v) is 3.65. The zero-order chi connectivity index (χ0) is 18.6. The Kier molecular flexibility index (Phi) is 5.00. The number of nitrogens with zero attached hydrogens (tertiary/aromatic N) is 2. The van der Waals surface area contributed by atoms with E-state index in [2.05, 4.69) is 15.3 Å². The van der Waals surface area contributed by atoms with Crippen molar-refractivity contribution in [2.45, 2.75) is 0 Å². The highest BCUT2D eigenvalue weighted by Crippen LogP contribution is 2.30. The van der Waals surface area contributed by atoms with E-state index in [1.807, 2.05) is 30.3 Å². The minimum Gasteiger partial charge on any atom is -0.484 e. The van der Waals surface area contributed by atoms with Crippen molar-refractivity contribution in [3.8, 4) is 16.3 Å². The standard InChI is InChI=1S/C20H14ClN3O2S/c21-14-4-2-6-16(10-14)26-12-19(25)23-15-5-1-3-13(9-15)20-24-17-7-8-22-11-18(17)27-20/h1-11H,12H2,(H,23,25). The predicted molar refractivity (Wildman–Crippen MR) is 108 cm³/mol. The van der Waals surface area contributed by atoms with Crippen molar-refractivity contribution in [3.63, 3.8) is 0 Å². The molecule has 0 radical (unpaired) electrons. The van der Waals surface area contributed by atoms with E-state index in [9.17, 15) is 4.79 Å². The molecule has 0 unspecified atom stereocenters. The number of hydrogen-bond donors (Lipinski definition) is 1. The molecule has 7 heteroatoms. The number of halogens is 1. The van der Waals surface area contributed by atoms with Crippen LogP contribution in [0.2, 0.25) is 5.02 Å². The fraction of sp³-hybridized carbons (Fsp3) is 0.0500. The first-order valence-electron chi connectivity index (χ1n) is 8.16. The van der Waals surface area contributed by atoms with Crippen LogP contribution in [0.5, 0.6) is 5.75 Å². The van der Waals surface area contributed by atoms with Crippen molar-refractivity contribution in [1.29, 1.82) is 0 Å². The number of benzene rings is 2. The summed E-state index contributed by atoms with van der Waals surface area (Å²) in [5.41, 5.74) is 2.53. The summed E-state index contributed by atoms with van der Waals surface area (Å²) in [5.74, 6) is 0.301. The summed E-state index contributed by atoms with van der Waals surface area (Å²) in [4.78, 5) is 20.9. The molecule has 0 saturated carbocycles. The van der Waals surface area contributed by atoms with Crippen LogP contribution < -0.4 is 10.1 Å². The summed E-state index contributed by atoms with van der Waals surface area (Å²) in [6.45, 7) is -0.0998. The lowest BCUT2D eigenvalue weighted by Gasteiger charge is -2.08. The third-order valence-electron chi connectivity index (χ3n) is 3.75. The van der Waals surface area contributed by atoms with Gasteiger partial charge in [-0.05, 0) is 36.4 Å². The number of nitrogens with one attached hydrogen (secondary N) is 1. The lowest BCUT2D eigenvalue weighted by atomic mass is 10.2. The van der Waals surface area contributed by atoms with Gasteiger partial charge in [0, 0.05) is 28.7 Å². The van der Waals surface area contributed by atoms with Crippen molar-refractivity contribution in [2.75, 3.05) is 11.9 Å². The number of carbonyl (C=O) groups excluding carboxylic acids is 1. The van der Waals surface area contributed by atoms with Crippen molar-refractivity contribution in [3.05, 3.63) is 72.0 Å². The molecular weight excluding hydrogens is 382 g/mol. The van der Waals surface area contributed by atoms with Gasteiger partial charge in [-0.2, -0.15) is 0 Å². The van der Waals surface area contributed by atoms with E-state index >= 15 is 0 Å². The number of ether oxygens (including phenoxy) is 1. The molecule has 0 aliphatic carbocycles. The number of hydrogen-bond acceptors (Lipinski definition) is 5. The molecule has 2 aromatic heterocycles. The van der Waals surface area contributed by atoms with Crippen LogP contribution in [0.25, 0.3) is 20.8 Å². The molecule has 2 heterocycles. The van der Waals surface area contributed by atoms with E-state index in [4.69, 9.17) is 16.3 Å². The fourth-order valence-electron chi connectivity index (χ4n) is 2.54. The quantitative estimate of drug-likeness (QED) is 0.514. The maximum absolute atomic E-state index is 12.2. The second-order valence-electron chi connectivity index (χ2n) is 5.74. The zero-order valence-corrected chi connectivity index (χ0v) is 15.6. The number of carbonyl (C=O) groups is 1. The number of fused-ring (bicyclic) bond motifs is 1. The van der Waals surface area contributed by atoms with Crippen molar-refractivity contribution in [1.82, 2.24) is 9.97 Å². The Labute approximate surface area is 164 Å². The Balaban J connectivity index is 1.45. The van der Waals surface area contributed by atoms with Gasteiger partial charge in [0.15, 0.2) is 6.61 Å². The van der Waals surface area contributed by atoms with E-state index in [1.165, 1.54) is 0 Å². The monoisotopic (exact) mass is 395 g/mol. The molecule has 0 aliphatic heterocycles. The Morgan fingerprint density at radius 3 is 2.89 bits per heavy atom. The summed E-state index contributed by atoms with van der Waals surface area (Å²) in [5, 5.41) is 4.28. The first-order valence-corrected chi connectivity index (χ1v) is 9.36. The smallest absolute Gasteiger partial charge is 0.262 e. The summed E-state index contributed by atoms with van der Waals surface area (Å²) in [6.07, 6.45) is 3.53. The molecule has 2 aromatic carbocycles. The highest BCUT2D eigenvalue weighted by atomic mass is 35.5. The zero-order valence-electron chi connectivity index (χ0n) is 14.1. The van der Waals surface area contributed by atoms with Gasteiger partial charge in [-0.3, -0.25) is 9.78 Å². The van der Waals surface area contributed by atoms with Gasteiger partial charge in [0.05, 0.1) is 10.2 Å². The van der Waals surface area contributed by atoms with Gasteiger partial charge >= 0.3 is 0 Å². The molecule has 4 aromatic rings. The van der Waals surface area contributed by atoms with Crippen LogP contribution in [0, 0.1) is 0 Å². The molecule has 4 rings (SSSR count). The third-order valence-corrected chi connectivity index (χ3v) is 5.04. The highest BCUT2D eigenvalue weighted by Gasteiger charge is 2.09. The normalized spacial score (nSPS) is 10.7. The molecule has 134 valence electrons. The van der Waals surface area contributed by atoms with Crippen LogP contribution in [-0.2, 0) is 4.79 Å². The number of pyridine rings is 1. The number of anilines is 1. The van der Waals surface area contributed by atoms with Gasteiger partial charge in [-0.25, -0.2) is 4.98 Å². The van der Waals surface area contributed by atoms with Gasteiger partial charge in [-0.15, -0.1) is 11.3 Å². The van der Waals surface area contributed by atoms with Gasteiger partial charge in [0.25, 0.3) is 5.91 Å². The molecule has 0 fully saturated rings. The predicted octanol–water partition coefficient (Wildman–Crippen LogP) is 5.03. The van der Waals surface area contributed by atoms with Crippen molar-refractivity contribution >= 4 is 44.7 Å². The molecular formula is C20H14ClN3O2S. The first-order chi connectivity index (χ1) is 13.2. The minimum absolute atomic E-state index is 0.0998. The Bertz CT molecular complexity index is 1080. The SMILES string of the molecule is O=C(COc1cccc(Cl)c1)Nc1cccc(-c2nc3ccncc3s2)c1. The van der Waals surface area contributed by atoms with Gasteiger partial charge < -0.3 is 10.1 Å². The number of thiazole rings is 1. The lowest BCUT2D eigenvalue weighted by Crippen LogP contribution is -2.20. The molecule has 1 amide bonds. The van der Waals surface area contributed by atoms with Crippen LogP contribution in [0.3, 0.4) is 0 Å². The van der Waals surface area contributed by atoms with E-state index in [0.29, 0.717) is 16.5 Å². The van der Waals surface area contributed by atoms with E-state index < -0.39 is 0 Å².